The average Bonchev–Trinajstić information content (AvgIpc) is 3.44. The van der Waals surface area contributed by atoms with Crippen molar-refractivity contribution in [2.75, 3.05) is 28.7 Å². The Morgan fingerprint density at radius 1 is 1.10 bits per heavy atom. The number of nitriles is 1. The molecule has 1 unspecified atom stereocenters. The van der Waals surface area contributed by atoms with Crippen LogP contribution < -0.4 is 14.4 Å². The average molecular weight is 570 g/mol. The Hall–Kier alpha value is -2.24. The van der Waals surface area contributed by atoms with Gasteiger partial charge in [-0.25, -0.2) is 5.26 Å². The van der Waals surface area contributed by atoms with Crippen LogP contribution in [-0.2, 0) is 0 Å². The van der Waals surface area contributed by atoms with Crippen LogP contribution in [0.25, 0.3) is 0 Å². The van der Waals surface area contributed by atoms with Gasteiger partial charge in [0.2, 0.25) is 0 Å². The molecular weight excluding hydrogens is 521 g/mol. The van der Waals surface area contributed by atoms with Gasteiger partial charge in [-0.1, -0.05) is 78.6 Å². The molecule has 8 heteroatoms. The minimum absolute atomic E-state index is 0.0551. The van der Waals surface area contributed by atoms with Crippen LogP contribution in [0.5, 0.6) is 5.75 Å². The molecule has 5 nitrogen and oxygen atoms in total. The molecule has 2 aromatic carbocycles. The third kappa shape index (κ3) is 12.2. The van der Waals surface area contributed by atoms with Gasteiger partial charge in [0.1, 0.15) is 5.75 Å². The van der Waals surface area contributed by atoms with E-state index in [4.69, 9.17) is 10.00 Å². The second kappa shape index (κ2) is 20.6. The van der Waals surface area contributed by atoms with Gasteiger partial charge in [0, 0.05) is 35.9 Å². The molecule has 0 radical (unpaired) electrons. The summed E-state index contributed by atoms with van der Waals surface area (Å²) in [6.45, 7) is 10.3. The van der Waals surface area contributed by atoms with Gasteiger partial charge in [0.15, 0.2) is 0 Å². The molecule has 2 aromatic rings. The molecule has 1 N–H and O–H groups in total. The van der Waals surface area contributed by atoms with Crippen molar-refractivity contribution < 1.29 is 9.53 Å². The highest BCUT2D eigenvalue weighted by atomic mass is 32.2. The van der Waals surface area contributed by atoms with Crippen LogP contribution in [-0.4, -0.2) is 37.8 Å². The first-order valence-corrected chi connectivity index (χ1v) is 16.7. The van der Waals surface area contributed by atoms with E-state index in [1.807, 2.05) is 87.4 Å². The molecule has 0 saturated carbocycles. The lowest BCUT2D eigenvalue weighted by Gasteiger charge is -2.21. The molecule has 1 atom stereocenters. The van der Waals surface area contributed by atoms with Crippen LogP contribution in [0, 0.1) is 11.2 Å². The molecule has 0 spiro atoms. The number of rotatable bonds is 13. The molecule has 1 aliphatic rings. The maximum atomic E-state index is 13.1. The Morgan fingerprint density at radius 3 is 2.41 bits per heavy atom. The number of ether oxygens (including phenoxy) is 1. The summed E-state index contributed by atoms with van der Waals surface area (Å²) in [6, 6.07) is 13.7. The van der Waals surface area contributed by atoms with Gasteiger partial charge in [-0.15, -0.1) is 11.8 Å². The summed E-state index contributed by atoms with van der Waals surface area (Å²) in [5.74, 6) is 4.06. The molecule has 1 fully saturated rings. The van der Waals surface area contributed by atoms with Crippen molar-refractivity contribution in [2.24, 2.45) is 0 Å². The number of amides is 1. The second-order valence-corrected chi connectivity index (χ2v) is 11.1. The van der Waals surface area contributed by atoms with Crippen LogP contribution in [0.2, 0.25) is 12.6 Å². The molecule has 1 aliphatic heterocycles. The van der Waals surface area contributed by atoms with E-state index in [9.17, 15) is 4.79 Å². The predicted molar refractivity (Wildman–Crippen MR) is 175 cm³/mol. The first kappa shape index (κ1) is 34.8. The summed E-state index contributed by atoms with van der Waals surface area (Å²) in [4.78, 5) is 14.4. The summed E-state index contributed by atoms with van der Waals surface area (Å²) >= 11 is 3.41. The number of benzene rings is 2. The van der Waals surface area contributed by atoms with Crippen LogP contribution in [0.1, 0.15) is 83.5 Å². The van der Waals surface area contributed by atoms with Gasteiger partial charge in [0.05, 0.1) is 17.4 Å². The van der Waals surface area contributed by atoms with E-state index in [0.717, 1.165) is 41.9 Å². The number of nitrogens with zero attached hydrogens (tertiary/aromatic N) is 2. The molecule has 0 aromatic heterocycles. The number of hydrogen-bond acceptors (Lipinski definition) is 6. The number of thioether (sulfide) groups is 1. The fourth-order valence-corrected chi connectivity index (χ4v) is 5.48. The van der Waals surface area contributed by atoms with E-state index in [-0.39, 0.29) is 18.7 Å². The number of hydrogen-bond donors (Lipinski definition) is 1. The van der Waals surface area contributed by atoms with Crippen LogP contribution in [0.3, 0.4) is 0 Å². The molecule has 0 bridgehead atoms. The summed E-state index contributed by atoms with van der Waals surface area (Å²) in [5, 5.41) is 12.2. The van der Waals surface area contributed by atoms with E-state index < -0.39 is 0 Å². The standard InChI is InChI=1S/C27H36BN3O2S2.2C2H6/c1-4-5-6-7-8-17-35-24-12-9-21(10-13-24)30-27(32)25-14-11-22(18-26(25)31(2)34-3)33-23-15-16-28(19-23)20-29;2*1-2/h9-14,18,23H,4-8,15-17,19H2,1-3H3,(H,30,32);2*1-2H3. The molecule has 3 rings (SSSR count). The Balaban J connectivity index is 0.00000181. The lowest BCUT2D eigenvalue weighted by Crippen LogP contribution is -2.18. The summed E-state index contributed by atoms with van der Waals surface area (Å²) in [5.41, 5.74) is 2.19. The fraction of sp³-hybridized carbons (Fsp3) is 0.548. The largest absolute Gasteiger partial charge is 0.491 e. The lowest BCUT2D eigenvalue weighted by molar-refractivity contribution is 0.102. The number of anilines is 2. The number of unbranched alkanes of at least 4 members (excludes halogenated alkanes) is 4. The molecular formula is C31H48BN3O2S2. The van der Waals surface area contributed by atoms with E-state index in [2.05, 4.69) is 30.3 Å². The molecule has 39 heavy (non-hydrogen) atoms. The summed E-state index contributed by atoms with van der Waals surface area (Å²) < 4.78 is 8.11. The zero-order valence-corrected chi connectivity index (χ0v) is 26.7. The van der Waals surface area contributed by atoms with Crippen molar-refractivity contribution in [1.82, 2.24) is 0 Å². The zero-order chi connectivity index (χ0) is 29.0. The molecule has 1 heterocycles. The fourth-order valence-electron chi connectivity index (χ4n) is 4.22. The summed E-state index contributed by atoms with van der Waals surface area (Å²) in [7, 11) is 1.94. The Morgan fingerprint density at radius 2 is 1.79 bits per heavy atom. The molecule has 0 aliphatic carbocycles. The quantitative estimate of drug-likeness (QED) is 0.112. The number of carbonyl (C=O) groups is 1. The van der Waals surface area contributed by atoms with Gasteiger partial charge >= 0.3 is 0 Å². The molecule has 1 amide bonds. The van der Waals surface area contributed by atoms with Crippen molar-refractivity contribution in [3.05, 3.63) is 48.0 Å². The zero-order valence-electron chi connectivity index (χ0n) is 25.1. The van der Waals surface area contributed by atoms with Crippen molar-refractivity contribution in [3.8, 4) is 11.7 Å². The lowest BCUT2D eigenvalue weighted by atomic mass is 9.50. The minimum atomic E-state index is -0.144. The van der Waals surface area contributed by atoms with E-state index in [1.165, 1.54) is 48.9 Å². The van der Waals surface area contributed by atoms with Gasteiger partial charge < -0.3 is 14.4 Å². The second-order valence-electron chi connectivity index (χ2n) is 8.98. The maximum absolute atomic E-state index is 13.1. The van der Waals surface area contributed by atoms with Crippen LogP contribution in [0.4, 0.5) is 11.4 Å². The number of carbonyl (C=O) groups excluding carboxylic acids is 1. The summed E-state index contributed by atoms with van der Waals surface area (Å²) in [6.07, 6.45) is 11.0. The Labute approximate surface area is 247 Å². The monoisotopic (exact) mass is 569 g/mol. The van der Waals surface area contributed by atoms with Crippen LogP contribution >= 0.6 is 23.7 Å². The van der Waals surface area contributed by atoms with E-state index >= 15 is 0 Å². The van der Waals surface area contributed by atoms with E-state index in [0.29, 0.717) is 5.56 Å². The van der Waals surface area contributed by atoms with Gasteiger partial charge in [-0.3, -0.25) is 4.79 Å². The molecule has 1 saturated heterocycles. The normalized spacial score (nSPS) is 13.8. The predicted octanol–water partition coefficient (Wildman–Crippen LogP) is 9.48. The maximum Gasteiger partial charge on any atom is 0.271 e. The molecule has 214 valence electrons. The smallest absolute Gasteiger partial charge is 0.271 e. The SMILES string of the molecule is CC.CC.CCCCCCCSc1ccc(NC(=O)c2ccc(OC3CCB(C#N)C3)cc2N(C)SC)cc1. The third-order valence-corrected chi connectivity index (χ3v) is 8.17. The topological polar surface area (TPSA) is 65.4 Å². The third-order valence-electron chi connectivity index (χ3n) is 6.33. The van der Waals surface area contributed by atoms with Gasteiger partial charge in [0.25, 0.3) is 12.6 Å². The highest BCUT2D eigenvalue weighted by Gasteiger charge is 2.29. The Bertz CT molecular complexity index is 998. The van der Waals surface area contributed by atoms with Crippen molar-refractivity contribution >= 4 is 47.7 Å². The van der Waals surface area contributed by atoms with Gasteiger partial charge in [-0.2, -0.15) is 0 Å². The van der Waals surface area contributed by atoms with Crippen molar-refractivity contribution in [3.63, 3.8) is 0 Å². The minimum Gasteiger partial charge on any atom is -0.491 e. The van der Waals surface area contributed by atoms with E-state index in [1.54, 1.807) is 0 Å². The van der Waals surface area contributed by atoms with Crippen LogP contribution in [0.15, 0.2) is 47.4 Å². The first-order chi connectivity index (χ1) is 19.0. The Kier molecular flexibility index (Phi) is 18.4. The number of nitrogens with one attached hydrogen (secondary N) is 1. The first-order valence-electron chi connectivity index (χ1n) is 14.6. The van der Waals surface area contributed by atoms with Crippen molar-refractivity contribution in [2.45, 2.75) is 96.8 Å². The van der Waals surface area contributed by atoms with Gasteiger partial charge in [-0.05, 0) is 61.3 Å². The van der Waals surface area contributed by atoms with Crippen molar-refractivity contribution in [1.29, 1.82) is 5.26 Å². The highest BCUT2D eigenvalue weighted by molar-refractivity contribution is 8.00. The highest BCUT2D eigenvalue weighted by Crippen LogP contribution is 2.32.